The Labute approximate surface area is 56.5 Å². The quantitative estimate of drug-likeness (QED) is 0.455. The molecule has 5 nitrogen and oxygen atoms in total. The van der Waals surface area contributed by atoms with Crippen molar-refractivity contribution in [3.8, 4) is 0 Å². The summed E-state index contributed by atoms with van der Waals surface area (Å²) in [6.07, 6.45) is -2.77. The molecule has 2 aliphatic heterocycles. The van der Waals surface area contributed by atoms with Crippen LogP contribution in [0.3, 0.4) is 0 Å². The summed E-state index contributed by atoms with van der Waals surface area (Å²) in [7, 11) is 0. The van der Waals surface area contributed by atoms with E-state index in [1.807, 2.05) is 0 Å². The molecule has 0 aromatic rings. The number of hydrogen-bond donors (Lipinski definition) is 1. The fraction of sp³-hybridized carbons (Fsp3) is 0.800. The van der Waals surface area contributed by atoms with Gasteiger partial charge in [0.05, 0.1) is 6.61 Å². The van der Waals surface area contributed by atoms with E-state index in [9.17, 15) is 4.79 Å². The average molecular weight is 146 g/mol. The molecule has 0 aromatic carbocycles. The molecule has 3 atom stereocenters. The predicted molar refractivity (Wildman–Crippen MR) is 27.1 cm³/mol. The zero-order valence-electron chi connectivity index (χ0n) is 5.02. The standard InChI is InChI=1S/C5H6O5/c6-4-3-2(1-8-4)9-5(7)10-3/h2-4,6H,1H2/t2?,3-,4+/m0/s1. The van der Waals surface area contributed by atoms with E-state index in [-0.39, 0.29) is 6.61 Å². The van der Waals surface area contributed by atoms with E-state index in [1.165, 1.54) is 0 Å². The second kappa shape index (κ2) is 1.83. The van der Waals surface area contributed by atoms with E-state index in [0.29, 0.717) is 0 Å². The summed E-state index contributed by atoms with van der Waals surface area (Å²) >= 11 is 0. The summed E-state index contributed by atoms with van der Waals surface area (Å²) in [6.45, 7) is 0.220. The van der Waals surface area contributed by atoms with Crippen molar-refractivity contribution >= 4 is 6.16 Å². The number of hydrogen-bond acceptors (Lipinski definition) is 5. The minimum atomic E-state index is -1.02. The number of carbonyl (C=O) groups excluding carboxylic acids is 1. The SMILES string of the molecule is O=C1OC2CO[C@@H](O)[C@H]2O1. The van der Waals surface area contributed by atoms with Crippen molar-refractivity contribution in [2.75, 3.05) is 6.61 Å². The fourth-order valence-corrected chi connectivity index (χ4v) is 1.06. The van der Waals surface area contributed by atoms with Crippen molar-refractivity contribution in [3.63, 3.8) is 0 Å². The van der Waals surface area contributed by atoms with Crippen LogP contribution in [0.15, 0.2) is 0 Å². The van der Waals surface area contributed by atoms with Gasteiger partial charge in [0.1, 0.15) is 0 Å². The molecule has 0 bridgehead atoms. The Bertz CT molecular complexity index is 167. The highest BCUT2D eigenvalue weighted by Gasteiger charge is 2.47. The fourth-order valence-electron chi connectivity index (χ4n) is 1.06. The maximum absolute atomic E-state index is 10.4. The molecule has 0 saturated carbocycles. The second-order valence-electron chi connectivity index (χ2n) is 2.21. The van der Waals surface area contributed by atoms with E-state index >= 15 is 0 Å². The van der Waals surface area contributed by atoms with Gasteiger partial charge in [-0.25, -0.2) is 4.79 Å². The van der Waals surface area contributed by atoms with Crippen LogP contribution in [-0.4, -0.2) is 36.4 Å². The molecule has 0 radical (unpaired) electrons. The van der Waals surface area contributed by atoms with Gasteiger partial charge in [-0.15, -0.1) is 0 Å². The van der Waals surface area contributed by atoms with Crippen LogP contribution in [0.25, 0.3) is 0 Å². The van der Waals surface area contributed by atoms with Gasteiger partial charge in [0.25, 0.3) is 0 Å². The minimum Gasteiger partial charge on any atom is -0.424 e. The lowest BCUT2D eigenvalue weighted by Crippen LogP contribution is -2.26. The molecule has 0 spiro atoms. The average Bonchev–Trinajstić information content (AvgIpc) is 2.35. The van der Waals surface area contributed by atoms with Crippen LogP contribution in [0.2, 0.25) is 0 Å². The highest BCUT2D eigenvalue weighted by Crippen LogP contribution is 2.24. The summed E-state index contributed by atoms with van der Waals surface area (Å²) in [6, 6.07) is 0. The molecule has 2 fully saturated rings. The Morgan fingerprint density at radius 3 is 3.00 bits per heavy atom. The van der Waals surface area contributed by atoms with Crippen LogP contribution in [0.1, 0.15) is 0 Å². The Kier molecular flexibility index (Phi) is 1.09. The molecule has 0 amide bonds. The Morgan fingerprint density at radius 1 is 1.50 bits per heavy atom. The summed E-state index contributed by atoms with van der Waals surface area (Å²) < 4.78 is 13.9. The maximum Gasteiger partial charge on any atom is 0.509 e. The monoisotopic (exact) mass is 146 g/mol. The molecule has 1 N–H and O–H groups in total. The normalized spacial score (nSPS) is 44.5. The van der Waals surface area contributed by atoms with Gasteiger partial charge in [0.2, 0.25) is 0 Å². The molecule has 2 heterocycles. The van der Waals surface area contributed by atoms with Gasteiger partial charge < -0.3 is 19.3 Å². The topological polar surface area (TPSA) is 65.0 Å². The maximum atomic E-state index is 10.4. The minimum absolute atomic E-state index is 0.220. The number of ether oxygens (including phenoxy) is 3. The Morgan fingerprint density at radius 2 is 2.30 bits per heavy atom. The smallest absolute Gasteiger partial charge is 0.424 e. The van der Waals surface area contributed by atoms with Crippen molar-refractivity contribution in [2.24, 2.45) is 0 Å². The van der Waals surface area contributed by atoms with Gasteiger partial charge in [0.15, 0.2) is 18.5 Å². The van der Waals surface area contributed by atoms with Gasteiger partial charge in [-0.2, -0.15) is 0 Å². The highest BCUT2D eigenvalue weighted by atomic mass is 16.8. The molecule has 2 saturated heterocycles. The van der Waals surface area contributed by atoms with Crippen molar-refractivity contribution in [3.05, 3.63) is 0 Å². The van der Waals surface area contributed by atoms with Gasteiger partial charge in [0, 0.05) is 0 Å². The molecule has 56 valence electrons. The van der Waals surface area contributed by atoms with Crippen LogP contribution in [0.4, 0.5) is 4.79 Å². The number of aliphatic hydroxyl groups is 1. The molecule has 5 heteroatoms. The first-order chi connectivity index (χ1) is 4.77. The van der Waals surface area contributed by atoms with Crippen molar-refractivity contribution in [1.29, 1.82) is 0 Å². The molecule has 1 unspecified atom stereocenters. The second-order valence-corrected chi connectivity index (χ2v) is 2.21. The van der Waals surface area contributed by atoms with Gasteiger partial charge in [-0.1, -0.05) is 0 Å². The van der Waals surface area contributed by atoms with E-state index < -0.39 is 24.7 Å². The van der Waals surface area contributed by atoms with Crippen LogP contribution < -0.4 is 0 Å². The molecule has 0 aliphatic carbocycles. The van der Waals surface area contributed by atoms with Gasteiger partial charge in [-0.05, 0) is 0 Å². The molecule has 10 heavy (non-hydrogen) atoms. The summed E-state index contributed by atoms with van der Waals surface area (Å²) in [4.78, 5) is 10.4. The van der Waals surface area contributed by atoms with E-state index in [2.05, 4.69) is 9.47 Å². The van der Waals surface area contributed by atoms with Crippen LogP contribution in [0, 0.1) is 0 Å². The molecular formula is C5H6O5. The third kappa shape index (κ3) is 0.676. The number of fused-ring (bicyclic) bond motifs is 1. The van der Waals surface area contributed by atoms with Gasteiger partial charge in [-0.3, -0.25) is 0 Å². The van der Waals surface area contributed by atoms with Crippen LogP contribution in [0.5, 0.6) is 0 Å². The predicted octanol–water partition coefficient (Wildman–Crippen LogP) is -0.761. The van der Waals surface area contributed by atoms with E-state index in [0.717, 1.165) is 0 Å². The first-order valence-electron chi connectivity index (χ1n) is 2.94. The Balaban J connectivity index is 2.12. The van der Waals surface area contributed by atoms with Crippen LogP contribution >= 0.6 is 0 Å². The van der Waals surface area contributed by atoms with Gasteiger partial charge >= 0.3 is 6.16 Å². The molecular weight excluding hydrogens is 140 g/mol. The zero-order valence-corrected chi connectivity index (χ0v) is 5.02. The molecule has 2 rings (SSSR count). The van der Waals surface area contributed by atoms with Crippen molar-refractivity contribution in [1.82, 2.24) is 0 Å². The summed E-state index contributed by atoms with van der Waals surface area (Å²) in [5.41, 5.74) is 0. The van der Waals surface area contributed by atoms with E-state index in [1.54, 1.807) is 0 Å². The first kappa shape index (κ1) is 5.94. The lowest BCUT2D eigenvalue weighted by molar-refractivity contribution is -0.108. The van der Waals surface area contributed by atoms with Crippen molar-refractivity contribution < 1.29 is 24.1 Å². The zero-order chi connectivity index (χ0) is 7.14. The third-order valence-corrected chi connectivity index (χ3v) is 1.56. The Hall–Kier alpha value is -0.810. The number of aliphatic hydroxyl groups excluding tert-OH is 1. The first-order valence-corrected chi connectivity index (χ1v) is 2.94. The largest absolute Gasteiger partial charge is 0.509 e. The summed E-state index contributed by atoms with van der Waals surface area (Å²) in [5, 5.41) is 8.94. The van der Waals surface area contributed by atoms with Crippen molar-refractivity contribution in [2.45, 2.75) is 18.5 Å². The number of rotatable bonds is 0. The van der Waals surface area contributed by atoms with Crippen LogP contribution in [-0.2, 0) is 14.2 Å². The number of carbonyl (C=O) groups is 1. The molecule has 2 aliphatic rings. The lowest BCUT2D eigenvalue weighted by atomic mass is 10.2. The highest BCUT2D eigenvalue weighted by molar-refractivity contribution is 5.62. The lowest BCUT2D eigenvalue weighted by Gasteiger charge is -2.05. The van der Waals surface area contributed by atoms with E-state index in [4.69, 9.17) is 9.84 Å². The third-order valence-electron chi connectivity index (χ3n) is 1.56. The molecule has 0 aromatic heterocycles. The summed E-state index contributed by atoms with van der Waals surface area (Å²) in [5.74, 6) is 0.